The highest BCUT2D eigenvalue weighted by atomic mass is 16.5. The molecule has 2 heterocycles. The molecule has 1 saturated heterocycles. The molecule has 0 spiro atoms. The molecule has 0 aliphatic carbocycles. The Morgan fingerprint density at radius 1 is 1.61 bits per heavy atom. The fourth-order valence-corrected chi connectivity index (χ4v) is 2.51. The molecular formula is C14H22N2O2. The number of ether oxygens (including phenoxy) is 1. The maximum absolute atomic E-state index is 9.62. The molecule has 2 rings (SSSR count). The molecule has 0 amide bonds. The van der Waals surface area contributed by atoms with E-state index in [0.717, 1.165) is 31.1 Å². The molecule has 0 saturated carbocycles. The maximum atomic E-state index is 9.62. The van der Waals surface area contributed by atoms with E-state index >= 15 is 0 Å². The number of hydrogen-bond acceptors (Lipinski definition) is 4. The van der Waals surface area contributed by atoms with Crippen molar-refractivity contribution in [2.24, 2.45) is 5.92 Å². The van der Waals surface area contributed by atoms with Crippen molar-refractivity contribution < 1.29 is 9.84 Å². The molecule has 4 nitrogen and oxygen atoms in total. The van der Waals surface area contributed by atoms with Crippen LogP contribution >= 0.6 is 0 Å². The maximum Gasteiger partial charge on any atom is 0.128 e. The second-order valence-corrected chi connectivity index (χ2v) is 5.03. The fraction of sp³-hybridized carbons (Fsp3) is 0.643. The zero-order valence-electron chi connectivity index (χ0n) is 11.2. The van der Waals surface area contributed by atoms with Crippen molar-refractivity contribution in [3.05, 3.63) is 23.9 Å². The van der Waals surface area contributed by atoms with Crippen LogP contribution in [0.2, 0.25) is 0 Å². The van der Waals surface area contributed by atoms with E-state index in [-0.39, 0.29) is 0 Å². The number of rotatable bonds is 4. The average molecular weight is 250 g/mol. The normalized spacial score (nSPS) is 21.9. The summed E-state index contributed by atoms with van der Waals surface area (Å²) in [7, 11) is 1.76. The second-order valence-electron chi connectivity index (χ2n) is 5.03. The van der Waals surface area contributed by atoms with Gasteiger partial charge in [-0.2, -0.15) is 0 Å². The van der Waals surface area contributed by atoms with Gasteiger partial charge in [0.2, 0.25) is 0 Å². The zero-order chi connectivity index (χ0) is 13.0. The first-order valence-corrected chi connectivity index (χ1v) is 6.58. The van der Waals surface area contributed by atoms with E-state index in [0.29, 0.717) is 5.92 Å². The van der Waals surface area contributed by atoms with Crippen LogP contribution in [0.1, 0.15) is 31.4 Å². The van der Waals surface area contributed by atoms with Gasteiger partial charge in [-0.05, 0) is 43.4 Å². The van der Waals surface area contributed by atoms with Crippen LogP contribution in [-0.2, 0) is 4.74 Å². The van der Waals surface area contributed by atoms with Gasteiger partial charge in [-0.1, -0.05) is 0 Å². The van der Waals surface area contributed by atoms with Crippen molar-refractivity contribution in [2.75, 3.05) is 31.7 Å². The number of pyridine rings is 1. The highest BCUT2D eigenvalue weighted by molar-refractivity contribution is 5.42. The summed E-state index contributed by atoms with van der Waals surface area (Å²) < 4.78 is 5.24. The van der Waals surface area contributed by atoms with Gasteiger partial charge < -0.3 is 14.7 Å². The molecular weight excluding hydrogens is 228 g/mol. The van der Waals surface area contributed by atoms with E-state index in [4.69, 9.17) is 4.74 Å². The summed E-state index contributed by atoms with van der Waals surface area (Å²) in [6, 6.07) is 3.85. The summed E-state index contributed by atoms with van der Waals surface area (Å²) in [6.07, 6.45) is 3.73. The van der Waals surface area contributed by atoms with Crippen LogP contribution in [0.3, 0.4) is 0 Å². The first-order chi connectivity index (χ1) is 8.70. The van der Waals surface area contributed by atoms with Gasteiger partial charge in [-0.15, -0.1) is 0 Å². The summed E-state index contributed by atoms with van der Waals surface area (Å²) in [5.41, 5.74) is 0.925. The summed E-state index contributed by atoms with van der Waals surface area (Å²) in [5, 5.41) is 9.62. The molecule has 0 radical (unpaired) electrons. The Morgan fingerprint density at radius 3 is 3.17 bits per heavy atom. The highest BCUT2D eigenvalue weighted by Crippen LogP contribution is 2.23. The van der Waals surface area contributed by atoms with Crippen molar-refractivity contribution >= 4 is 5.82 Å². The van der Waals surface area contributed by atoms with E-state index in [1.807, 2.05) is 12.1 Å². The molecule has 0 bridgehead atoms. The van der Waals surface area contributed by atoms with Crippen LogP contribution in [0, 0.1) is 5.92 Å². The minimum atomic E-state index is -0.439. The van der Waals surface area contributed by atoms with Crippen molar-refractivity contribution in [3.8, 4) is 0 Å². The van der Waals surface area contributed by atoms with Gasteiger partial charge >= 0.3 is 0 Å². The van der Waals surface area contributed by atoms with Crippen molar-refractivity contribution in [1.29, 1.82) is 0 Å². The van der Waals surface area contributed by atoms with E-state index in [9.17, 15) is 5.11 Å². The predicted octanol–water partition coefficient (Wildman–Crippen LogP) is 2.00. The smallest absolute Gasteiger partial charge is 0.128 e. The van der Waals surface area contributed by atoms with Gasteiger partial charge in [0.15, 0.2) is 0 Å². The lowest BCUT2D eigenvalue weighted by molar-refractivity contribution is 0.143. The van der Waals surface area contributed by atoms with Gasteiger partial charge in [0.25, 0.3) is 0 Å². The van der Waals surface area contributed by atoms with Crippen molar-refractivity contribution in [1.82, 2.24) is 4.98 Å². The molecule has 18 heavy (non-hydrogen) atoms. The Labute approximate surface area is 109 Å². The second kappa shape index (κ2) is 6.16. The minimum Gasteiger partial charge on any atom is -0.389 e. The van der Waals surface area contributed by atoms with E-state index < -0.39 is 6.10 Å². The summed E-state index contributed by atoms with van der Waals surface area (Å²) in [6.45, 7) is 4.62. The number of methoxy groups -OCH3 is 1. The molecule has 1 fully saturated rings. The number of piperidine rings is 1. The summed E-state index contributed by atoms with van der Waals surface area (Å²) in [4.78, 5) is 6.70. The third-order valence-corrected chi connectivity index (χ3v) is 3.50. The molecule has 100 valence electrons. The van der Waals surface area contributed by atoms with Gasteiger partial charge in [0.05, 0.1) is 12.7 Å². The SMILES string of the molecule is COCC1CCCN(c2cc([C@@H](C)O)ccn2)C1. The van der Waals surface area contributed by atoms with Crippen molar-refractivity contribution in [3.63, 3.8) is 0 Å². The van der Waals surface area contributed by atoms with Crippen LogP contribution in [0.15, 0.2) is 18.3 Å². The third-order valence-electron chi connectivity index (χ3n) is 3.50. The topological polar surface area (TPSA) is 45.6 Å². The van der Waals surface area contributed by atoms with Crippen LogP contribution in [-0.4, -0.2) is 36.9 Å². The van der Waals surface area contributed by atoms with Gasteiger partial charge in [0.1, 0.15) is 5.82 Å². The molecule has 1 aromatic rings. The highest BCUT2D eigenvalue weighted by Gasteiger charge is 2.21. The molecule has 1 aliphatic heterocycles. The Kier molecular flexibility index (Phi) is 4.55. The molecule has 4 heteroatoms. The standard InChI is InChI=1S/C14H22N2O2/c1-11(17)13-5-6-15-14(8-13)16-7-3-4-12(9-16)10-18-2/h5-6,8,11-12,17H,3-4,7,9-10H2,1-2H3/t11-,12?/m1/s1. The molecule has 1 aliphatic rings. The van der Waals surface area contributed by atoms with E-state index in [1.165, 1.54) is 12.8 Å². The van der Waals surface area contributed by atoms with Crippen LogP contribution in [0.4, 0.5) is 5.82 Å². The van der Waals surface area contributed by atoms with Crippen LogP contribution in [0.5, 0.6) is 0 Å². The number of aliphatic hydroxyl groups is 1. The molecule has 2 atom stereocenters. The summed E-state index contributed by atoms with van der Waals surface area (Å²) >= 11 is 0. The van der Waals surface area contributed by atoms with Gasteiger partial charge in [-0.25, -0.2) is 4.98 Å². The Balaban J connectivity index is 2.08. The Hall–Kier alpha value is -1.13. The number of hydrogen-bond donors (Lipinski definition) is 1. The third kappa shape index (κ3) is 3.21. The molecule has 1 unspecified atom stereocenters. The van der Waals surface area contributed by atoms with Gasteiger partial charge in [-0.3, -0.25) is 0 Å². The van der Waals surface area contributed by atoms with Crippen molar-refractivity contribution in [2.45, 2.75) is 25.9 Å². The number of aromatic nitrogens is 1. The van der Waals surface area contributed by atoms with E-state index in [2.05, 4.69) is 9.88 Å². The largest absolute Gasteiger partial charge is 0.389 e. The average Bonchev–Trinajstić information content (AvgIpc) is 2.39. The Morgan fingerprint density at radius 2 is 2.44 bits per heavy atom. The molecule has 1 aromatic heterocycles. The molecule has 0 aromatic carbocycles. The monoisotopic (exact) mass is 250 g/mol. The number of nitrogens with zero attached hydrogens (tertiary/aromatic N) is 2. The Bertz CT molecular complexity index is 380. The lowest BCUT2D eigenvalue weighted by atomic mass is 9.99. The first kappa shape index (κ1) is 13.3. The van der Waals surface area contributed by atoms with Crippen LogP contribution < -0.4 is 4.90 Å². The van der Waals surface area contributed by atoms with E-state index in [1.54, 1.807) is 20.2 Å². The van der Waals surface area contributed by atoms with Crippen LogP contribution in [0.25, 0.3) is 0 Å². The predicted molar refractivity (Wildman–Crippen MR) is 71.7 cm³/mol. The molecule has 1 N–H and O–H groups in total. The quantitative estimate of drug-likeness (QED) is 0.887. The number of aliphatic hydroxyl groups excluding tert-OH is 1. The lowest BCUT2D eigenvalue weighted by Crippen LogP contribution is -2.37. The minimum absolute atomic E-state index is 0.439. The first-order valence-electron chi connectivity index (χ1n) is 6.58. The van der Waals surface area contributed by atoms with Gasteiger partial charge in [0, 0.05) is 26.4 Å². The summed E-state index contributed by atoms with van der Waals surface area (Å²) in [5.74, 6) is 1.55. The number of anilines is 1. The fourth-order valence-electron chi connectivity index (χ4n) is 2.51. The lowest BCUT2D eigenvalue weighted by Gasteiger charge is -2.33. The zero-order valence-corrected chi connectivity index (χ0v) is 11.2.